The molecule has 1 aromatic rings. The van der Waals surface area contributed by atoms with Crippen molar-refractivity contribution >= 4 is 25.2 Å². The van der Waals surface area contributed by atoms with E-state index in [2.05, 4.69) is 9.88 Å². The van der Waals surface area contributed by atoms with Gasteiger partial charge in [-0.2, -0.15) is 0 Å². The molecule has 0 radical (unpaired) electrons. The molecule has 0 aliphatic carbocycles. The van der Waals surface area contributed by atoms with Gasteiger partial charge in [0.05, 0.1) is 0 Å². The summed E-state index contributed by atoms with van der Waals surface area (Å²) < 4.78 is 7.02. The van der Waals surface area contributed by atoms with E-state index >= 15 is 0 Å². The Bertz CT molecular complexity index is 384. The fourth-order valence-electron chi connectivity index (χ4n) is 1.86. The molecule has 4 nitrogen and oxygen atoms in total. The molecule has 1 aliphatic rings. The molecule has 0 spiro atoms. The summed E-state index contributed by atoms with van der Waals surface area (Å²) in [4.78, 5) is 18.4. The summed E-state index contributed by atoms with van der Waals surface area (Å²) in [6.07, 6.45) is 5.42. The molecule has 17 heavy (non-hydrogen) atoms. The summed E-state index contributed by atoms with van der Waals surface area (Å²) in [5, 5.41) is 0. The average molecular weight is 301 g/mol. The molecule has 0 atom stereocenters. The zero-order valence-electron chi connectivity index (χ0n) is 10.3. The van der Waals surface area contributed by atoms with Gasteiger partial charge in [-0.05, 0) is 0 Å². The topological polar surface area (TPSA) is 42.4 Å². The molecule has 1 aromatic heterocycles. The van der Waals surface area contributed by atoms with Crippen molar-refractivity contribution in [1.82, 2.24) is 4.98 Å². The van der Waals surface area contributed by atoms with E-state index in [9.17, 15) is 4.79 Å². The predicted octanol–water partition coefficient (Wildman–Crippen LogP) is 1.69. The number of ether oxygens (including phenoxy) is 1. The van der Waals surface area contributed by atoms with Gasteiger partial charge in [0.2, 0.25) is 0 Å². The number of rotatable bonds is 3. The zero-order valence-corrected chi connectivity index (χ0v) is 12.0. The van der Waals surface area contributed by atoms with Crippen molar-refractivity contribution in [2.45, 2.75) is 39.2 Å². The van der Waals surface area contributed by atoms with Crippen LogP contribution in [0, 0.1) is 0 Å². The quantitative estimate of drug-likeness (QED) is 0.629. The molecule has 0 bridgehead atoms. The summed E-state index contributed by atoms with van der Waals surface area (Å²) >= 11 is 0.0311. The third kappa shape index (κ3) is 3.33. The SMILES string of the molecule is CC(C)OC(=O)c1cnc(N2CCCCC2)[se]1. The van der Waals surface area contributed by atoms with Gasteiger partial charge in [-0.3, -0.25) is 0 Å². The maximum absolute atomic E-state index is 11.7. The Hall–Kier alpha value is -0.801. The van der Waals surface area contributed by atoms with Crippen LogP contribution in [0.25, 0.3) is 0 Å². The van der Waals surface area contributed by atoms with Gasteiger partial charge < -0.3 is 0 Å². The van der Waals surface area contributed by atoms with Crippen LogP contribution in [0.2, 0.25) is 0 Å². The predicted molar refractivity (Wildman–Crippen MR) is 67.8 cm³/mol. The number of piperidine rings is 1. The molecule has 1 fully saturated rings. The van der Waals surface area contributed by atoms with Gasteiger partial charge in [0.1, 0.15) is 0 Å². The normalized spacial score (nSPS) is 16.3. The monoisotopic (exact) mass is 302 g/mol. The second kappa shape index (κ2) is 5.69. The summed E-state index contributed by atoms with van der Waals surface area (Å²) in [5.41, 5.74) is 0. The van der Waals surface area contributed by atoms with Crippen molar-refractivity contribution in [2.75, 3.05) is 18.0 Å². The Labute approximate surface area is 108 Å². The van der Waals surface area contributed by atoms with Crippen LogP contribution in [-0.2, 0) is 4.74 Å². The van der Waals surface area contributed by atoms with Crippen molar-refractivity contribution in [1.29, 1.82) is 0 Å². The average Bonchev–Trinajstić information content (AvgIpc) is 2.78. The van der Waals surface area contributed by atoms with Gasteiger partial charge in [-0.15, -0.1) is 0 Å². The first-order valence-corrected chi connectivity index (χ1v) is 7.80. The number of aromatic nitrogens is 1. The van der Waals surface area contributed by atoms with Crippen molar-refractivity contribution in [2.24, 2.45) is 0 Å². The molecule has 0 unspecified atom stereocenters. The van der Waals surface area contributed by atoms with Crippen LogP contribution in [0.1, 0.15) is 42.3 Å². The second-order valence-electron chi connectivity index (χ2n) is 4.51. The van der Waals surface area contributed by atoms with Gasteiger partial charge in [0.25, 0.3) is 0 Å². The van der Waals surface area contributed by atoms with Crippen LogP contribution in [0.5, 0.6) is 0 Å². The number of esters is 1. The molecule has 0 amide bonds. The molecule has 1 saturated heterocycles. The van der Waals surface area contributed by atoms with E-state index in [4.69, 9.17) is 4.74 Å². The first-order valence-electron chi connectivity index (χ1n) is 6.08. The van der Waals surface area contributed by atoms with E-state index in [0.717, 1.165) is 22.2 Å². The van der Waals surface area contributed by atoms with Crippen molar-refractivity contribution in [3.63, 3.8) is 0 Å². The first kappa shape index (κ1) is 12.7. The number of hydrogen-bond donors (Lipinski definition) is 0. The second-order valence-corrected chi connectivity index (χ2v) is 6.63. The molecule has 1 aliphatic heterocycles. The zero-order chi connectivity index (χ0) is 12.3. The summed E-state index contributed by atoms with van der Waals surface area (Å²) in [7, 11) is 0. The van der Waals surface area contributed by atoms with Crippen LogP contribution in [0.3, 0.4) is 0 Å². The first-order chi connectivity index (χ1) is 8.16. The maximum atomic E-state index is 11.7. The fourth-order valence-corrected chi connectivity index (χ4v) is 3.65. The number of carbonyl (C=O) groups excluding carboxylic acids is 1. The van der Waals surface area contributed by atoms with Crippen LogP contribution in [-0.4, -0.2) is 44.7 Å². The number of anilines is 1. The van der Waals surface area contributed by atoms with Crippen molar-refractivity contribution in [3.8, 4) is 0 Å². The van der Waals surface area contributed by atoms with Crippen LogP contribution in [0.4, 0.5) is 4.69 Å². The van der Waals surface area contributed by atoms with Gasteiger partial charge in [0.15, 0.2) is 0 Å². The van der Waals surface area contributed by atoms with E-state index in [-0.39, 0.29) is 26.6 Å². The van der Waals surface area contributed by atoms with Gasteiger partial charge in [-0.25, -0.2) is 0 Å². The summed E-state index contributed by atoms with van der Waals surface area (Å²) in [6, 6.07) is 0. The Balaban J connectivity index is 2.02. The van der Waals surface area contributed by atoms with Crippen LogP contribution >= 0.6 is 0 Å². The van der Waals surface area contributed by atoms with Crippen molar-refractivity contribution < 1.29 is 9.53 Å². The fraction of sp³-hybridized carbons (Fsp3) is 0.667. The molecule has 0 aromatic carbocycles. The van der Waals surface area contributed by atoms with Crippen molar-refractivity contribution in [3.05, 3.63) is 10.6 Å². The number of nitrogens with zero attached hydrogens (tertiary/aromatic N) is 2. The van der Waals surface area contributed by atoms with Gasteiger partial charge in [-0.1, -0.05) is 0 Å². The van der Waals surface area contributed by atoms with Crippen LogP contribution < -0.4 is 4.90 Å². The molecule has 2 heterocycles. The summed E-state index contributed by atoms with van der Waals surface area (Å²) in [5.74, 6) is -0.198. The molecular weight excluding hydrogens is 283 g/mol. The molecule has 0 saturated carbocycles. The van der Waals surface area contributed by atoms with E-state index in [1.807, 2.05) is 13.8 Å². The molecule has 2 rings (SSSR count). The molecule has 94 valence electrons. The summed E-state index contributed by atoms with van der Waals surface area (Å²) in [6.45, 7) is 5.90. The van der Waals surface area contributed by atoms with Gasteiger partial charge >= 0.3 is 108 Å². The Morgan fingerprint density at radius 1 is 1.41 bits per heavy atom. The Morgan fingerprint density at radius 2 is 2.12 bits per heavy atom. The molecular formula is C12H18N2O2Se. The third-order valence-corrected chi connectivity index (χ3v) is 4.84. The third-order valence-electron chi connectivity index (χ3n) is 2.66. The van der Waals surface area contributed by atoms with E-state index in [1.165, 1.54) is 19.3 Å². The van der Waals surface area contributed by atoms with E-state index < -0.39 is 0 Å². The molecule has 5 heteroatoms. The standard InChI is InChI=1S/C12H18N2O2Se/c1-9(2)16-11(15)10-8-13-12(17-10)14-6-4-3-5-7-14/h8-9H,3-7H2,1-2H3. The van der Waals surface area contributed by atoms with E-state index in [1.54, 1.807) is 6.20 Å². The number of carbonyl (C=O) groups is 1. The van der Waals surface area contributed by atoms with Gasteiger partial charge in [0, 0.05) is 0 Å². The Kier molecular flexibility index (Phi) is 4.24. The Morgan fingerprint density at radius 3 is 2.76 bits per heavy atom. The number of hydrogen-bond acceptors (Lipinski definition) is 4. The van der Waals surface area contributed by atoms with E-state index in [0.29, 0.717) is 0 Å². The minimum atomic E-state index is -0.198. The minimum absolute atomic E-state index is 0.0311. The van der Waals surface area contributed by atoms with Crippen LogP contribution in [0.15, 0.2) is 6.20 Å². The molecule has 0 N–H and O–H groups in total.